The van der Waals surface area contributed by atoms with Gasteiger partial charge in [-0.1, -0.05) is 19.1 Å². The third-order valence-electron chi connectivity index (χ3n) is 5.31. The van der Waals surface area contributed by atoms with Crippen molar-refractivity contribution in [1.82, 2.24) is 9.80 Å². The van der Waals surface area contributed by atoms with Crippen molar-refractivity contribution in [2.75, 3.05) is 68.4 Å². The van der Waals surface area contributed by atoms with Crippen LogP contribution in [0, 0.1) is 0 Å². The van der Waals surface area contributed by atoms with Gasteiger partial charge in [0.25, 0.3) is 0 Å². The van der Waals surface area contributed by atoms with Gasteiger partial charge in [-0.2, -0.15) is 0 Å². The summed E-state index contributed by atoms with van der Waals surface area (Å²) < 4.78 is 0.819. The monoisotopic (exact) mass is 487 g/mol. The molecule has 2 aromatic rings. The molecule has 0 aliphatic carbocycles. The van der Waals surface area contributed by atoms with Crippen molar-refractivity contribution in [3.63, 3.8) is 0 Å². The third-order valence-corrected chi connectivity index (χ3v) is 6.00. The fourth-order valence-corrected chi connectivity index (χ4v) is 3.96. The number of piperazine rings is 1. The molecule has 0 radical (unpaired) electrons. The van der Waals surface area contributed by atoms with Gasteiger partial charge in [-0.25, -0.2) is 0 Å². The molecule has 7 nitrogen and oxygen atoms in total. The molecule has 1 aliphatic heterocycles. The average Bonchev–Trinajstić information content (AvgIpc) is 2.75. The zero-order valence-corrected chi connectivity index (χ0v) is 19.7. The first kappa shape index (κ1) is 23.2. The fraction of sp³-hybridized carbons (Fsp3) is 0.391. The zero-order chi connectivity index (χ0) is 22.2. The summed E-state index contributed by atoms with van der Waals surface area (Å²) in [7, 11) is 1.75. The van der Waals surface area contributed by atoms with Crippen LogP contribution in [0.25, 0.3) is 0 Å². The summed E-state index contributed by atoms with van der Waals surface area (Å²) in [5.41, 5.74) is 2.64. The SMILES string of the molecule is CCN1CCN(c2ccc(NC(=O)CN(C)CC(=O)Nc3ccccc3Br)cc2)CC1. The molecule has 2 amide bonds. The summed E-state index contributed by atoms with van der Waals surface area (Å²) in [5.74, 6) is -0.324. The van der Waals surface area contributed by atoms with Gasteiger partial charge in [-0.15, -0.1) is 0 Å². The maximum atomic E-state index is 12.4. The lowest BCUT2D eigenvalue weighted by Crippen LogP contribution is -2.46. The Morgan fingerprint density at radius 1 is 0.935 bits per heavy atom. The molecule has 0 unspecified atom stereocenters. The van der Waals surface area contributed by atoms with Crippen LogP contribution in [0.15, 0.2) is 53.0 Å². The highest BCUT2D eigenvalue weighted by molar-refractivity contribution is 9.10. The molecule has 1 heterocycles. The molecular weight excluding hydrogens is 458 g/mol. The van der Waals surface area contributed by atoms with Crippen molar-refractivity contribution in [2.45, 2.75) is 6.92 Å². The van der Waals surface area contributed by atoms with E-state index in [9.17, 15) is 9.59 Å². The topological polar surface area (TPSA) is 67.9 Å². The van der Waals surface area contributed by atoms with Gasteiger partial charge in [0.1, 0.15) is 0 Å². The molecule has 0 bridgehead atoms. The minimum atomic E-state index is -0.172. The number of amides is 2. The largest absolute Gasteiger partial charge is 0.369 e. The number of anilines is 3. The first-order valence-corrected chi connectivity index (χ1v) is 11.3. The summed E-state index contributed by atoms with van der Waals surface area (Å²) in [6, 6.07) is 15.4. The van der Waals surface area contributed by atoms with Crippen molar-refractivity contribution in [1.29, 1.82) is 0 Å². The van der Waals surface area contributed by atoms with Crippen LogP contribution in [0.4, 0.5) is 17.1 Å². The summed E-state index contributed by atoms with van der Waals surface area (Å²) in [6.45, 7) is 7.74. The first-order chi connectivity index (χ1) is 14.9. The number of hydrogen-bond acceptors (Lipinski definition) is 5. The molecule has 0 spiro atoms. The summed E-state index contributed by atoms with van der Waals surface area (Å²) >= 11 is 3.41. The number of rotatable bonds is 8. The van der Waals surface area contributed by atoms with Crippen LogP contribution in [0.2, 0.25) is 0 Å². The van der Waals surface area contributed by atoms with Gasteiger partial charge in [0, 0.05) is 42.0 Å². The maximum absolute atomic E-state index is 12.4. The second kappa shape index (κ2) is 11.3. The van der Waals surface area contributed by atoms with Gasteiger partial charge in [0.05, 0.1) is 18.8 Å². The minimum absolute atomic E-state index is 0.122. The van der Waals surface area contributed by atoms with E-state index in [-0.39, 0.29) is 24.9 Å². The lowest BCUT2D eigenvalue weighted by Gasteiger charge is -2.35. The molecule has 3 rings (SSSR count). The molecule has 8 heteroatoms. The molecule has 1 saturated heterocycles. The Labute approximate surface area is 192 Å². The van der Waals surface area contributed by atoms with Gasteiger partial charge in [0.15, 0.2) is 0 Å². The van der Waals surface area contributed by atoms with E-state index in [2.05, 4.69) is 43.3 Å². The second-order valence-corrected chi connectivity index (χ2v) is 8.57. The van der Waals surface area contributed by atoms with Crippen LogP contribution < -0.4 is 15.5 Å². The van der Waals surface area contributed by atoms with Crippen LogP contribution >= 0.6 is 15.9 Å². The van der Waals surface area contributed by atoms with E-state index in [1.54, 1.807) is 11.9 Å². The average molecular weight is 488 g/mol. The quantitative estimate of drug-likeness (QED) is 0.598. The van der Waals surface area contributed by atoms with Crippen molar-refractivity contribution >= 4 is 44.8 Å². The second-order valence-electron chi connectivity index (χ2n) is 7.72. The van der Waals surface area contributed by atoms with Crippen LogP contribution in [0.5, 0.6) is 0 Å². The van der Waals surface area contributed by atoms with Crippen molar-refractivity contribution < 1.29 is 9.59 Å². The van der Waals surface area contributed by atoms with E-state index < -0.39 is 0 Å². The molecule has 1 fully saturated rings. The number of hydrogen-bond donors (Lipinski definition) is 2. The number of para-hydroxylation sites is 1. The van der Waals surface area contributed by atoms with Gasteiger partial charge >= 0.3 is 0 Å². The predicted octanol–water partition coefficient (Wildman–Crippen LogP) is 3.10. The van der Waals surface area contributed by atoms with Crippen LogP contribution in [-0.4, -0.2) is 74.5 Å². The first-order valence-electron chi connectivity index (χ1n) is 10.5. The van der Waals surface area contributed by atoms with Crippen LogP contribution in [0.3, 0.4) is 0 Å². The van der Waals surface area contributed by atoms with Gasteiger partial charge < -0.3 is 20.4 Å². The number of carbonyl (C=O) groups excluding carboxylic acids is 2. The standard InChI is InChI=1S/C23H30BrN5O2/c1-3-28-12-14-29(15-13-28)19-10-8-18(9-11-19)25-22(30)16-27(2)17-23(31)26-21-7-5-4-6-20(21)24/h4-11H,3,12-17H2,1-2H3,(H,25,30)(H,26,31). The Morgan fingerprint density at radius 2 is 1.55 bits per heavy atom. The number of nitrogens with one attached hydrogen (secondary N) is 2. The van der Waals surface area contributed by atoms with Gasteiger partial charge in [-0.3, -0.25) is 14.5 Å². The molecule has 31 heavy (non-hydrogen) atoms. The summed E-state index contributed by atoms with van der Waals surface area (Å²) in [5, 5.41) is 5.75. The summed E-state index contributed by atoms with van der Waals surface area (Å²) in [4.78, 5) is 31.1. The van der Waals surface area contributed by atoms with E-state index in [1.807, 2.05) is 48.5 Å². The minimum Gasteiger partial charge on any atom is -0.369 e. The summed E-state index contributed by atoms with van der Waals surface area (Å²) in [6.07, 6.45) is 0. The Kier molecular flexibility index (Phi) is 8.45. The van der Waals surface area contributed by atoms with Crippen LogP contribution in [0.1, 0.15) is 6.92 Å². The van der Waals surface area contributed by atoms with E-state index in [1.165, 1.54) is 5.69 Å². The Hall–Kier alpha value is -2.42. The highest BCUT2D eigenvalue weighted by Gasteiger charge is 2.16. The lowest BCUT2D eigenvalue weighted by molar-refractivity contribution is -0.119. The third kappa shape index (κ3) is 7.05. The van der Waals surface area contributed by atoms with E-state index in [0.717, 1.165) is 42.9 Å². The maximum Gasteiger partial charge on any atom is 0.238 e. The molecule has 0 atom stereocenters. The highest BCUT2D eigenvalue weighted by Crippen LogP contribution is 2.21. The van der Waals surface area contributed by atoms with Crippen molar-refractivity contribution in [2.24, 2.45) is 0 Å². The number of halogens is 1. The molecule has 166 valence electrons. The van der Waals surface area contributed by atoms with Gasteiger partial charge in [-0.05, 0) is 65.9 Å². The Bertz CT molecular complexity index is 882. The van der Waals surface area contributed by atoms with E-state index in [4.69, 9.17) is 0 Å². The molecular formula is C23H30BrN5O2. The number of nitrogens with zero attached hydrogens (tertiary/aromatic N) is 3. The van der Waals surface area contributed by atoms with Crippen molar-refractivity contribution in [3.8, 4) is 0 Å². The fourth-order valence-electron chi connectivity index (χ4n) is 3.58. The number of carbonyl (C=O) groups is 2. The Morgan fingerprint density at radius 3 is 2.16 bits per heavy atom. The molecule has 2 N–H and O–H groups in total. The van der Waals surface area contributed by atoms with Gasteiger partial charge in [0.2, 0.25) is 11.8 Å². The number of benzene rings is 2. The van der Waals surface area contributed by atoms with E-state index >= 15 is 0 Å². The Balaban J connectivity index is 1.43. The zero-order valence-electron chi connectivity index (χ0n) is 18.1. The molecule has 0 saturated carbocycles. The normalized spacial score (nSPS) is 14.5. The highest BCUT2D eigenvalue weighted by atomic mass is 79.9. The molecule has 2 aromatic carbocycles. The molecule has 0 aromatic heterocycles. The molecule has 1 aliphatic rings. The smallest absolute Gasteiger partial charge is 0.238 e. The van der Waals surface area contributed by atoms with Crippen LogP contribution in [-0.2, 0) is 9.59 Å². The lowest BCUT2D eigenvalue weighted by atomic mass is 10.2. The van der Waals surface area contributed by atoms with E-state index in [0.29, 0.717) is 5.69 Å². The van der Waals surface area contributed by atoms with Crippen molar-refractivity contribution in [3.05, 3.63) is 53.0 Å². The predicted molar refractivity (Wildman–Crippen MR) is 130 cm³/mol. The number of likely N-dealkylation sites (N-methyl/N-ethyl adjacent to an activating group) is 2.